The maximum atomic E-state index is 14.2. The minimum absolute atomic E-state index is 0.198. The Morgan fingerprint density at radius 1 is 0.969 bits per heavy atom. The van der Waals surface area contributed by atoms with E-state index in [1.807, 2.05) is 30.3 Å². The number of carbonyl (C=O) groups is 1. The highest BCUT2D eigenvalue weighted by molar-refractivity contribution is 5.89. The van der Waals surface area contributed by atoms with Crippen LogP contribution < -0.4 is 0 Å². The van der Waals surface area contributed by atoms with Crippen molar-refractivity contribution in [3.8, 4) is 0 Å². The zero-order chi connectivity index (χ0) is 23.1. The average Bonchev–Trinajstić information content (AvgIpc) is 2.89. The standard InChI is InChI=1S/C25H27F3N2O2/c1-24(2,3)32-23(31)29-14-15-30-20(13-12-17-8-5-4-6-9-17)21(25(26,27)28)19-11-7-10-18(16-29)22(19)30/h4-11H,12-16H2,1-3H3. The Hall–Kier alpha value is -2.96. The molecule has 0 aliphatic carbocycles. The summed E-state index contributed by atoms with van der Waals surface area (Å²) in [6.45, 7) is 6.17. The van der Waals surface area contributed by atoms with Crippen LogP contribution in [0.5, 0.6) is 0 Å². The van der Waals surface area contributed by atoms with E-state index in [0.717, 1.165) is 5.56 Å². The predicted octanol–water partition coefficient (Wildman–Crippen LogP) is 6.20. The summed E-state index contributed by atoms with van der Waals surface area (Å²) in [5.41, 5.74) is 1.32. The number of rotatable bonds is 3. The molecule has 32 heavy (non-hydrogen) atoms. The predicted molar refractivity (Wildman–Crippen MR) is 117 cm³/mol. The van der Waals surface area contributed by atoms with Gasteiger partial charge in [0, 0.05) is 24.2 Å². The summed E-state index contributed by atoms with van der Waals surface area (Å²) in [6.07, 6.45) is -4.15. The fraction of sp³-hybridized carbons (Fsp3) is 0.400. The number of para-hydroxylation sites is 1. The third kappa shape index (κ3) is 4.47. The molecule has 0 atom stereocenters. The molecule has 0 unspecified atom stereocenters. The lowest BCUT2D eigenvalue weighted by Gasteiger charge is -2.26. The Labute approximate surface area is 185 Å². The number of ether oxygens (including phenoxy) is 1. The molecule has 7 heteroatoms. The second-order valence-electron chi connectivity index (χ2n) is 9.17. The third-order valence-corrected chi connectivity index (χ3v) is 5.66. The Morgan fingerprint density at radius 3 is 2.34 bits per heavy atom. The lowest BCUT2D eigenvalue weighted by Crippen LogP contribution is -2.37. The minimum Gasteiger partial charge on any atom is -0.444 e. The molecule has 1 aliphatic rings. The van der Waals surface area contributed by atoms with Crippen molar-refractivity contribution in [2.75, 3.05) is 6.54 Å². The molecule has 0 bridgehead atoms. The molecule has 1 aromatic heterocycles. The van der Waals surface area contributed by atoms with E-state index in [2.05, 4.69) is 0 Å². The average molecular weight is 444 g/mol. The molecular formula is C25H27F3N2O2. The zero-order valence-electron chi connectivity index (χ0n) is 18.5. The molecule has 170 valence electrons. The summed E-state index contributed by atoms with van der Waals surface area (Å²) >= 11 is 0. The van der Waals surface area contributed by atoms with E-state index in [9.17, 15) is 18.0 Å². The second-order valence-corrected chi connectivity index (χ2v) is 9.17. The minimum atomic E-state index is -4.46. The monoisotopic (exact) mass is 444 g/mol. The number of aryl methyl sites for hydroxylation is 1. The first-order valence-corrected chi connectivity index (χ1v) is 10.8. The molecule has 2 heterocycles. The van der Waals surface area contributed by atoms with E-state index < -0.39 is 23.4 Å². The molecule has 1 aliphatic heterocycles. The van der Waals surface area contributed by atoms with E-state index in [-0.39, 0.29) is 37.1 Å². The van der Waals surface area contributed by atoms with Crippen LogP contribution in [0.4, 0.5) is 18.0 Å². The first-order chi connectivity index (χ1) is 15.0. The molecule has 0 saturated carbocycles. The summed E-state index contributed by atoms with van der Waals surface area (Å²) in [7, 11) is 0. The van der Waals surface area contributed by atoms with Gasteiger partial charge in [-0.2, -0.15) is 13.2 Å². The van der Waals surface area contributed by atoms with Gasteiger partial charge < -0.3 is 14.2 Å². The van der Waals surface area contributed by atoms with Crippen LogP contribution in [-0.2, 0) is 36.8 Å². The van der Waals surface area contributed by atoms with Gasteiger partial charge in [0.2, 0.25) is 0 Å². The number of nitrogens with zero attached hydrogens (tertiary/aromatic N) is 2. The molecule has 0 N–H and O–H groups in total. The number of hydrogen-bond acceptors (Lipinski definition) is 2. The normalized spacial score (nSPS) is 14.5. The molecular weight excluding hydrogens is 417 g/mol. The first kappa shape index (κ1) is 22.2. The van der Waals surface area contributed by atoms with Gasteiger partial charge in [-0.15, -0.1) is 0 Å². The van der Waals surface area contributed by atoms with Crippen LogP contribution in [0.1, 0.15) is 43.2 Å². The van der Waals surface area contributed by atoms with Crippen LogP contribution in [0.2, 0.25) is 0 Å². The van der Waals surface area contributed by atoms with Crippen molar-refractivity contribution >= 4 is 17.0 Å². The molecule has 3 aromatic rings. The van der Waals surface area contributed by atoms with Crippen molar-refractivity contribution in [3.05, 3.63) is 70.9 Å². The molecule has 0 spiro atoms. The summed E-state index contributed by atoms with van der Waals surface area (Å²) in [4.78, 5) is 14.3. The van der Waals surface area contributed by atoms with Gasteiger partial charge in [0.05, 0.1) is 17.6 Å². The van der Waals surface area contributed by atoms with Gasteiger partial charge >= 0.3 is 12.3 Å². The Kier molecular flexibility index (Phi) is 5.69. The maximum Gasteiger partial charge on any atom is 0.418 e. The van der Waals surface area contributed by atoms with E-state index in [4.69, 9.17) is 4.74 Å². The molecule has 4 rings (SSSR count). The molecule has 0 radical (unpaired) electrons. The fourth-order valence-corrected chi connectivity index (χ4v) is 4.38. The Balaban J connectivity index is 1.76. The van der Waals surface area contributed by atoms with Crippen LogP contribution in [0.25, 0.3) is 10.9 Å². The highest BCUT2D eigenvalue weighted by atomic mass is 19.4. The summed E-state index contributed by atoms with van der Waals surface area (Å²) in [6, 6.07) is 14.5. The van der Waals surface area contributed by atoms with Crippen molar-refractivity contribution < 1.29 is 22.7 Å². The lowest BCUT2D eigenvalue weighted by atomic mass is 10.0. The van der Waals surface area contributed by atoms with E-state index in [1.165, 1.54) is 6.07 Å². The fourth-order valence-electron chi connectivity index (χ4n) is 4.38. The summed E-state index contributed by atoms with van der Waals surface area (Å²) in [5, 5.41) is 0.198. The highest BCUT2D eigenvalue weighted by Gasteiger charge is 2.39. The van der Waals surface area contributed by atoms with Crippen molar-refractivity contribution in [2.24, 2.45) is 0 Å². The Bertz CT molecular complexity index is 1130. The Morgan fingerprint density at radius 2 is 1.69 bits per heavy atom. The first-order valence-electron chi connectivity index (χ1n) is 10.8. The summed E-state index contributed by atoms with van der Waals surface area (Å²) < 4.78 is 49.9. The molecule has 4 nitrogen and oxygen atoms in total. The second kappa shape index (κ2) is 8.19. The van der Waals surface area contributed by atoms with Crippen LogP contribution in [0.15, 0.2) is 48.5 Å². The SMILES string of the molecule is CC(C)(C)OC(=O)N1CCn2c(CCc3ccccc3)c(C(F)(F)F)c3cccc(c32)C1. The van der Waals surface area contributed by atoms with Crippen LogP contribution in [-0.4, -0.2) is 27.7 Å². The number of aromatic nitrogens is 1. The van der Waals surface area contributed by atoms with E-state index in [0.29, 0.717) is 17.5 Å². The van der Waals surface area contributed by atoms with Crippen molar-refractivity contribution in [3.63, 3.8) is 0 Å². The number of benzene rings is 2. The van der Waals surface area contributed by atoms with Gasteiger partial charge in [0.1, 0.15) is 5.60 Å². The molecule has 0 fully saturated rings. The van der Waals surface area contributed by atoms with E-state index in [1.54, 1.807) is 42.4 Å². The molecule has 0 saturated heterocycles. The van der Waals surface area contributed by atoms with Crippen molar-refractivity contribution in [1.29, 1.82) is 0 Å². The van der Waals surface area contributed by atoms with Crippen LogP contribution >= 0.6 is 0 Å². The lowest BCUT2D eigenvalue weighted by molar-refractivity contribution is -0.137. The number of alkyl halides is 3. The van der Waals surface area contributed by atoms with Crippen LogP contribution in [0, 0.1) is 0 Å². The van der Waals surface area contributed by atoms with Gasteiger partial charge in [-0.1, -0.05) is 48.5 Å². The highest BCUT2D eigenvalue weighted by Crippen LogP contribution is 2.42. The van der Waals surface area contributed by atoms with Gasteiger partial charge in [-0.3, -0.25) is 0 Å². The zero-order valence-corrected chi connectivity index (χ0v) is 18.5. The number of hydrogen-bond donors (Lipinski definition) is 0. The van der Waals surface area contributed by atoms with Gasteiger partial charge in [0.15, 0.2) is 0 Å². The van der Waals surface area contributed by atoms with Crippen molar-refractivity contribution in [2.45, 2.75) is 58.5 Å². The third-order valence-electron chi connectivity index (χ3n) is 5.66. The largest absolute Gasteiger partial charge is 0.444 e. The molecule has 1 amide bonds. The quantitative estimate of drug-likeness (QED) is 0.482. The summed E-state index contributed by atoms with van der Waals surface area (Å²) in [5.74, 6) is 0. The van der Waals surface area contributed by atoms with Crippen LogP contribution in [0.3, 0.4) is 0 Å². The molecule has 2 aromatic carbocycles. The van der Waals surface area contributed by atoms with Crippen molar-refractivity contribution in [1.82, 2.24) is 9.47 Å². The smallest absolute Gasteiger partial charge is 0.418 e. The van der Waals surface area contributed by atoms with Gasteiger partial charge in [0.25, 0.3) is 0 Å². The number of halogens is 3. The van der Waals surface area contributed by atoms with E-state index >= 15 is 0 Å². The van der Waals surface area contributed by atoms with Gasteiger partial charge in [-0.25, -0.2) is 4.79 Å². The number of carbonyl (C=O) groups excluding carboxylic acids is 1. The number of amides is 1. The topological polar surface area (TPSA) is 34.5 Å². The van der Waals surface area contributed by atoms with Gasteiger partial charge in [-0.05, 0) is 44.7 Å². The maximum absolute atomic E-state index is 14.2.